The Labute approximate surface area is 48.1 Å². The summed E-state index contributed by atoms with van der Waals surface area (Å²) in [7, 11) is 0. The molecule has 0 N–H and O–H groups in total. The molecule has 1 rings (SSSR count). The summed E-state index contributed by atoms with van der Waals surface area (Å²) in [4.78, 5) is 10.5. The van der Waals surface area contributed by atoms with E-state index in [9.17, 15) is 4.79 Å². The van der Waals surface area contributed by atoms with Crippen LogP contribution in [0.4, 0.5) is 0 Å². The highest BCUT2D eigenvalue weighted by molar-refractivity contribution is 5.90. The van der Waals surface area contributed by atoms with Crippen molar-refractivity contribution in [1.82, 2.24) is 0 Å². The lowest BCUT2D eigenvalue weighted by Gasteiger charge is -2.12. The van der Waals surface area contributed by atoms with Gasteiger partial charge in [0.2, 0.25) is 0 Å². The van der Waals surface area contributed by atoms with Gasteiger partial charge in [0.1, 0.15) is 6.10 Å². The lowest BCUT2D eigenvalue weighted by molar-refractivity contribution is -0.117. The summed E-state index contributed by atoms with van der Waals surface area (Å²) in [5.41, 5.74) is 0. The van der Waals surface area contributed by atoms with Crippen LogP contribution in [0.15, 0.2) is 12.3 Å². The SMILES string of the molecule is C[C@@H]1CC(=O)C=CO1. The van der Waals surface area contributed by atoms with Crippen LogP contribution >= 0.6 is 0 Å². The molecular formula is C6H8O2. The monoisotopic (exact) mass is 112 g/mol. The first-order chi connectivity index (χ1) is 3.79. The van der Waals surface area contributed by atoms with Crippen LogP contribution in [0.2, 0.25) is 0 Å². The van der Waals surface area contributed by atoms with Crippen molar-refractivity contribution >= 4 is 5.78 Å². The molecule has 0 aliphatic carbocycles. The van der Waals surface area contributed by atoms with Crippen molar-refractivity contribution in [3.8, 4) is 0 Å². The first kappa shape index (κ1) is 5.35. The smallest absolute Gasteiger partial charge is 0.162 e. The minimum Gasteiger partial charge on any atom is -0.498 e. The van der Waals surface area contributed by atoms with Gasteiger partial charge in [-0.3, -0.25) is 4.79 Å². The van der Waals surface area contributed by atoms with Crippen molar-refractivity contribution in [3.05, 3.63) is 12.3 Å². The number of carbonyl (C=O) groups is 1. The van der Waals surface area contributed by atoms with E-state index in [0.29, 0.717) is 6.42 Å². The van der Waals surface area contributed by atoms with E-state index in [0.717, 1.165) is 0 Å². The topological polar surface area (TPSA) is 26.3 Å². The molecule has 0 unspecified atom stereocenters. The Bertz CT molecular complexity index is 126. The van der Waals surface area contributed by atoms with E-state index in [4.69, 9.17) is 4.74 Å². The number of hydrogen-bond acceptors (Lipinski definition) is 2. The Morgan fingerprint density at radius 2 is 2.62 bits per heavy atom. The zero-order valence-corrected chi connectivity index (χ0v) is 4.76. The maximum atomic E-state index is 10.5. The van der Waals surface area contributed by atoms with Crippen LogP contribution in [0.1, 0.15) is 13.3 Å². The highest BCUT2D eigenvalue weighted by Gasteiger charge is 2.09. The van der Waals surface area contributed by atoms with Crippen LogP contribution in [0, 0.1) is 0 Å². The Morgan fingerprint density at radius 1 is 1.88 bits per heavy atom. The van der Waals surface area contributed by atoms with Crippen molar-refractivity contribution in [1.29, 1.82) is 0 Å². The third-order valence-corrected chi connectivity index (χ3v) is 1.05. The van der Waals surface area contributed by atoms with Gasteiger partial charge in [-0.1, -0.05) is 0 Å². The Hall–Kier alpha value is -0.790. The second-order valence-corrected chi connectivity index (χ2v) is 1.92. The molecule has 2 nitrogen and oxygen atoms in total. The molecule has 1 heterocycles. The number of ketones is 1. The highest BCUT2D eigenvalue weighted by atomic mass is 16.5. The molecule has 2 heteroatoms. The van der Waals surface area contributed by atoms with Crippen LogP contribution < -0.4 is 0 Å². The van der Waals surface area contributed by atoms with Crippen molar-refractivity contribution in [2.45, 2.75) is 19.4 Å². The third kappa shape index (κ3) is 1.09. The Morgan fingerprint density at radius 3 is 3.00 bits per heavy atom. The number of carbonyl (C=O) groups excluding carboxylic acids is 1. The van der Waals surface area contributed by atoms with Gasteiger partial charge in [-0.2, -0.15) is 0 Å². The molecule has 0 bridgehead atoms. The zero-order valence-electron chi connectivity index (χ0n) is 4.76. The average molecular weight is 112 g/mol. The van der Waals surface area contributed by atoms with Crippen molar-refractivity contribution in [2.75, 3.05) is 0 Å². The molecule has 1 atom stereocenters. The van der Waals surface area contributed by atoms with E-state index >= 15 is 0 Å². The van der Waals surface area contributed by atoms with E-state index in [1.807, 2.05) is 6.92 Å². The molecule has 0 fully saturated rings. The molecule has 0 saturated carbocycles. The molecule has 1 aliphatic heterocycles. The second kappa shape index (κ2) is 1.99. The van der Waals surface area contributed by atoms with Gasteiger partial charge in [0.05, 0.1) is 6.26 Å². The van der Waals surface area contributed by atoms with E-state index in [-0.39, 0.29) is 11.9 Å². The first-order valence-corrected chi connectivity index (χ1v) is 2.64. The summed E-state index contributed by atoms with van der Waals surface area (Å²) in [5.74, 6) is 0.156. The first-order valence-electron chi connectivity index (χ1n) is 2.64. The largest absolute Gasteiger partial charge is 0.498 e. The van der Waals surface area contributed by atoms with Crippen molar-refractivity contribution < 1.29 is 9.53 Å². The molecule has 8 heavy (non-hydrogen) atoms. The van der Waals surface area contributed by atoms with Gasteiger partial charge < -0.3 is 4.74 Å². The molecule has 0 aromatic heterocycles. The van der Waals surface area contributed by atoms with E-state index in [2.05, 4.69) is 0 Å². The predicted octanol–water partition coefficient (Wildman–Crippen LogP) is 0.878. The van der Waals surface area contributed by atoms with E-state index in [1.54, 1.807) is 0 Å². The van der Waals surface area contributed by atoms with Gasteiger partial charge in [-0.15, -0.1) is 0 Å². The maximum Gasteiger partial charge on any atom is 0.162 e. The van der Waals surface area contributed by atoms with Crippen LogP contribution in [0.25, 0.3) is 0 Å². The van der Waals surface area contributed by atoms with Crippen LogP contribution in [0.3, 0.4) is 0 Å². The summed E-state index contributed by atoms with van der Waals surface area (Å²) < 4.78 is 4.95. The Balaban J connectivity index is 2.54. The molecular weight excluding hydrogens is 104 g/mol. The molecule has 0 saturated heterocycles. The van der Waals surface area contributed by atoms with Gasteiger partial charge in [0.25, 0.3) is 0 Å². The number of allylic oxidation sites excluding steroid dienone is 1. The zero-order chi connectivity index (χ0) is 5.98. The number of rotatable bonds is 0. The summed E-state index contributed by atoms with van der Waals surface area (Å²) in [6, 6.07) is 0. The minimum atomic E-state index is 0.0764. The van der Waals surface area contributed by atoms with Crippen molar-refractivity contribution in [3.63, 3.8) is 0 Å². The van der Waals surface area contributed by atoms with Gasteiger partial charge in [-0.05, 0) is 6.92 Å². The van der Waals surface area contributed by atoms with E-state index in [1.165, 1.54) is 12.3 Å². The van der Waals surface area contributed by atoms with E-state index < -0.39 is 0 Å². The third-order valence-electron chi connectivity index (χ3n) is 1.05. The lowest BCUT2D eigenvalue weighted by Crippen LogP contribution is -2.13. The summed E-state index contributed by atoms with van der Waals surface area (Å²) in [6.07, 6.45) is 3.51. The molecule has 0 amide bonds. The second-order valence-electron chi connectivity index (χ2n) is 1.92. The van der Waals surface area contributed by atoms with Crippen LogP contribution in [-0.2, 0) is 9.53 Å². The number of hydrogen-bond donors (Lipinski definition) is 0. The molecule has 0 aromatic rings. The van der Waals surface area contributed by atoms with Crippen molar-refractivity contribution in [2.24, 2.45) is 0 Å². The molecule has 0 radical (unpaired) electrons. The lowest BCUT2D eigenvalue weighted by atomic mass is 10.2. The quantitative estimate of drug-likeness (QED) is 0.465. The fourth-order valence-corrected chi connectivity index (χ4v) is 0.649. The maximum absolute atomic E-state index is 10.5. The normalized spacial score (nSPS) is 27.6. The van der Waals surface area contributed by atoms with Crippen LogP contribution in [-0.4, -0.2) is 11.9 Å². The summed E-state index contributed by atoms with van der Waals surface area (Å²) in [6.45, 7) is 1.88. The van der Waals surface area contributed by atoms with Gasteiger partial charge in [0.15, 0.2) is 5.78 Å². The summed E-state index contributed by atoms with van der Waals surface area (Å²) in [5, 5.41) is 0. The number of ether oxygens (including phenoxy) is 1. The van der Waals surface area contributed by atoms with Gasteiger partial charge in [-0.25, -0.2) is 0 Å². The fraction of sp³-hybridized carbons (Fsp3) is 0.500. The Kier molecular flexibility index (Phi) is 1.33. The minimum absolute atomic E-state index is 0.0764. The standard InChI is InChI=1S/C6H8O2/c1-5-4-6(7)2-3-8-5/h2-3,5H,4H2,1H3/t5-/m1/s1. The van der Waals surface area contributed by atoms with Crippen LogP contribution in [0.5, 0.6) is 0 Å². The van der Waals surface area contributed by atoms with Gasteiger partial charge in [0, 0.05) is 12.5 Å². The molecule has 0 aromatic carbocycles. The molecule has 44 valence electrons. The molecule has 1 aliphatic rings. The fourth-order valence-electron chi connectivity index (χ4n) is 0.649. The summed E-state index contributed by atoms with van der Waals surface area (Å²) >= 11 is 0. The average Bonchev–Trinajstić information content (AvgIpc) is 1.64. The van der Waals surface area contributed by atoms with Gasteiger partial charge >= 0.3 is 0 Å². The molecule has 0 spiro atoms. The highest BCUT2D eigenvalue weighted by Crippen LogP contribution is 2.04. The predicted molar refractivity (Wildman–Crippen MR) is 29.3 cm³/mol.